The summed E-state index contributed by atoms with van der Waals surface area (Å²) in [5.41, 5.74) is 0.935. The van der Waals surface area contributed by atoms with Gasteiger partial charge in [0.05, 0.1) is 18.4 Å². The Morgan fingerprint density at radius 2 is 2.25 bits per heavy atom. The second-order valence-electron chi connectivity index (χ2n) is 2.97. The van der Waals surface area contributed by atoms with Gasteiger partial charge in [-0.1, -0.05) is 13.8 Å². The standard InChI is InChI=1S/C9H12O3/c1-6(7(2)9(10)11)8-3-4-12-5-8/h3-7H,1-2H3,(H,10,11). The van der Waals surface area contributed by atoms with E-state index in [1.54, 1.807) is 25.5 Å². The molecular formula is C9H12O3. The quantitative estimate of drug-likeness (QED) is 0.751. The van der Waals surface area contributed by atoms with Crippen molar-refractivity contribution >= 4 is 5.97 Å². The largest absolute Gasteiger partial charge is 0.481 e. The molecule has 0 fully saturated rings. The van der Waals surface area contributed by atoms with Gasteiger partial charge in [0.2, 0.25) is 0 Å². The third kappa shape index (κ3) is 1.67. The van der Waals surface area contributed by atoms with Crippen molar-refractivity contribution in [1.29, 1.82) is 0 Å². The first-order valence-electron chi connectivity index (χ1n) is 3.88. The average Bonchev–Trinajstić information content (AvgIpc) is 2.53. The second-order valence-corrected chi connectivity index (χ2v) is 2.97. The molecule has 1 N–H and O–H groups in total. The van der Waals surface area contributed by atoms with E-state index in [4.69, 9.17) is 9.52 Å². The fraction of sp³-hybridized carbons (Fsp3) is 0.444. The lowest BCUT2D eigenvalue weighted by molar-refractivity contribution is -0.141. The molecule has 66 valence electrons. The molecule has 0 aliphatic carbocycles. The lowest BCUT2D eigenvalue weighted by atomic mass is 9.91. The Bertz CT molecular complexity index is 251. The lowest BCUT2D eigenvalue weighted by Crippen LogP contribution is -2.16. The van der Waals surface area contributed by atoms with Crippen molar-refractivity contribution in [2.45, 2.75) is 19.8 Å². The number of carbonyl (C=O) groups is 1. The maximum atomic E-state index is 10.6. The Morgan fingerprint density at radius 1 is 1.58 bits per heavy atom. The molecule has 12 heavy (non-hydrogen) atoms. The van der Waals surface area contributed by atoms with Gasteiger partial charge in [-0.3, -0.25) is 4.79 Å². The molecule has 1 rings (SSSR count). The van der Waals surface area contributed by atoms with Crippen molar-refractivity contribution in [1.82, 2.24) is 0 Å². The van der Waals surface area contributed by atoms with E-state index < -0.39 is 5.97 Å². The zero-order valence-electron chi connectivity index (χ0n) is 7.15. The van der Waals surface area contributed by atoms with E-state index in [1.165, 1.54) is 0 Å². The zero-order valence-corrected chi connectivity index (χ0v) is 7.15. The molecule has 3 nitrogen and oxygen atoms in total. The molecule has 0 amide bonds. The van der Waals surface area contributed by atoms with Gasteiger partial charge in [-0.05, 0) is 17.5 Å². The number of furan rings is 1. The average molecular weight is 168 g/mol. The Hall–Kier alpha value is -1.25. The van der Waals surface area contributed by atoms with Gasteiger partial charge in [0.25, 0.3) is 0 Å². The van der Waals surface area contributed by atoms with Gasteiger partial charge >= 0.3 is 5.97 Å². The summed E-state index contributed by atoms with van der Waals surface area (Å²) < 4.78 is 4.87. The molecule has 0 bridgehead atoms. The Labute approximate surface area is 71.0 Å². The van der Waals surface area contributed by atoms with Crippen LogP contribution in [-0.4, -0.2) is 11.1 Å². The van der Waals surface area contributed by atoms with Crippen LogP contribution in [0, 0.1) is 5.92 Å². The summed E-state index contributed by atoms with van der Waals surface area (Å²) in [4.78, 5) is 10.6. The van der Waals surface area contributed by atoms with Gasteiger partial charge in [0, 0.05) is 0 Å². The predicted molar refractivity (Wildman–Crippen MR) is 43.9 cm³/mol. The van der Waals surface area contributed by atoms with E-state index in [9.17, 15) is 4.79 Å². The molecule has 0 spiro atoms. The summed E-state index contributed by atoms with van der Waals surface area (Å²) in [7, 11) is 0. The summed E-state index contributed by atoms with van der Waals surface area (Å²) in [5.74, 6) is -1.15. The van der Waals surface area contributed by atoms with Gasteiger partial charge < -0.3 is 9.52 Å². The van der Waals surface area contributed by atoms with Gasteiger partial charge in [-0.2, -0.15) is 0 Å². The number of hydrogen-bond acceptors (Lipinski definition) is 2. The maximum Gasteiger partial charge on any atom is 0.306 e. The Kier molecular flexibility index (Phi) is 2.53. The summed E-state index contributed by atoms with van der Waals surface area (Å²) in [6, 6.07) is 1.80. The van der Waals surface area contributed by atoms with Gasteiger partial charge in [0.1, 0.15) is 0 Å². The van der Waals surface area contributed by atoms with Crippen LogP contribution in [0.25, 0.3) is 0 Å². The van der Waals surface area contributed by atoms with Crippen LogP contribution in [-0.2, 0) is 4.79 Å². The van der Waals surface area contributed by atoms with Crippen molar-refractivity contribution in [3.05, 3.63) is 24.2 Å². The minimum Gasteiger partial charge on any atom is -0.481 e. The minimum atomic E-state index is -0.774. The second kappa shape index (κ2) is 3.43. The Morgan fingerprint density at radius 3 is 2.67 bits per heavy atom. The predicted octanol–water partition coefficient (Wildman–Crippen LogP) is 2.10. The van der Waals surface area contributed by atoms with Crippen molar-refractivity contribution in [3.63, 3.8) is 0 Å². The summed E-state index contributed by atoms with van der Waals surface area (Å²) >= 11 is 0. The highest BCUT2D eigenvalue weighted by Gasteiger charge is 2.21. The highest BCUT2D eigenvalue weighted by Crippen LogP contribution is 2.24. The van der Waals surface area contributed by atoms with Crippen LogP contribution in [0.2, 0.25) is 0 Å². The molecule has 1 heterocycles. The van der Waals surface area contributed by atoms with E-state index in [0.717, 1.165) is 5.56 Å². The number of rotatable bonds is 3. The number of aliphatic carboxylic acids is 1. The van der Waals surface area contributed by atoms with Gasteiger partial charge in [0.15, 0.2) is 0 Å². The van der Waals surface area contributed by atoms with Crippen LogP contribution in [0.15, 0.2) is 23.0 Å². The highest BCUT2D eigenvalue weighted by atomic mass is 16.4. The first-order valence-corrected chi connectivity index (χ1v) is 3.88. The third-order valence-electron chi connectivity index (χ3n) is 2.21. The van der Waals surface area contributed by atoms with Crippen molar-refractivity contribution in [2.24, 2.45) is 5.92 Å². The smallest absolute Gasteiger partial charge is 0.306 e. The maximum absolute atomic E-state index is 10.6. The van der Waals surface area contributed by atoms with Gasteiger partial charge in [-0.25, -0.2) is 0 Å². The fourth-order valence-corrected chi connectivity index (χ4v) is 1.04. The van der Waals surface area contributed by atoms with Gasteiger partial charge in [-0.15, -0.1) is 0 Å². The summed E-state index contributed by atoms with van der Waals surface area (Å²) in [5, 5.41) is 8.72. The van der Waals surface area contributed by atoms with Crippen molar-refractivity contribution in [2.75, 3.05) is 0 Å². The van der Waals surface area contributed by atoms with Crippen LogP contribution >= 0.6 is 0 Å². The van der Waals surface area contributed by atoms with Crippen molar-refractivity contribution in [3.8, 4) is 0 Å². The lowest BCUT2D eigenvalue weighted by Gasteiger charge is -2.13. The number of carboxylic acids is 1. The first kappa shape index (κ1) is 8.84. The zero-order chi connectivity index (χ0) is 9.14. The van der Waals surface area contributed by atoms with Crippen molar-refractivity contribution < 1.29 is 14.3 Å². The third-order valence-corrected chi connectivity index (χ3v) is 2.21. The molecule has 1 aromatic rings. The van der Waals surface area contributed by atoms with Crippen LogP contribution in [0.4, 0.5) is 0 Å². The molecule has 0 aliphatic heterocycles. The topological polar surface area (TPSA) is 50.4 Å². The molecule has 1 aromatic heterocycles. The number of carboxylic acid groups (broad SMARTS) is 1. The van der Waals surface area contributed by atoms with Crippen LogP contribution < -0.4 is 0 Å². The monoisotopic (exact) mass is 168 g/mol. The Balaban J connectivity index is 2.71. The van der Waals surface area contributed by atoms with E-state index in [1.807, 2.05) is 6.92 Å². The van der Waals surface area contributed by atoms with E-state index in [0.29, 0.717) is 0 Å². The van der Waals surface area contributed by atoms with Crippen LogP contribution in [0.5, 0.6) is 0 Å². The van der Waals surface area contributed by atoms with Crippen LogP contribution in [0.3, 0.4) is 0 Å². The summed E-state index contributed by atoms with van der Waals surface area (Å²) in [6.07, 6.45) is 3.14. The first-order chi connectivity index (χ1) is 5.63. The molecule has 3 heteroatoms. The summed E-state index contributed by atoms with van der Waals surface area (Å²) in [6.45, 7) is 3.57. The van der Waals surface area contributed by atoms with E-state index in [-0.39, 0.29) is 11.8 Å². The molecule has 0 saturated carbocycles. The highest BCUT2D eigenvalue weighted by molar-refractivity contribution is 5.70. The fourth-order valence-electron chi connectivity index (χ4n) is 1.04. The molecular weight excluding hydrogens is 156 g/mol. The SMILES string of the molecule is CC(C(=O)O)C(C)c1ccoc1. The molecule has 0 saturated heterocycles. The van der Waals surface area contributed by atoms with E-state index in [2.05, 4.69) is 0 Å². The molecule has 2 atom stereocenters. The normalized spacial score (nSPS) is 15.5. The molecule has 2 unspecified atom stereocenters. The molecule has 0 aromatic carbocycles. The minimum absolute atomic E-state index is 0.00116. The van der Waals surface area contributed by atoms with E-state index >= 15 is 0 Å². The molecule has 0 radical (unpaired) electrons. The molecule has 0 aliphatic rings. The van der Waals surface area contributed by atoms with Crippen LogP contribution in [0.1, 0.15) is 25.3 Å². The number of hydrogen-bond donors (Lipinski definition) is 1.